The van der Waals surface area contributed by atoms with Gasteiger partial charge in [0.1, 0.15) is 0 Å². The molecular formula is C17H19N3O8S. The van der Waals surface area contributed by atoms with E-state index in [1.165, 1.54) is 38.5 Å². The van der Waals surface area contributed by atoms with Gasteiger partial charge in [0.25, 0.3) is 10.0 Å². The van der Waals surface area contributed by atoms with Crippen LogP contribution >= 0.6 is 0 Å². The van der Waals surface area contributed by atoms with Gasteiger partial charge in [-0.15, -0.1) is 0 Å². The third-order valence-corrected chi connectivity index (χ3v) is 4.85. The Balaban J connectivity index is 2.29. The van der Waals surface area contributed by atoms with Crippen molar-refractivity contribution in [3.8, 4) is 23.0 Å². The maximum absolute atomic E-state index is 12.4. The lowest BCUT2D eigenvalue weighted by Crippen LogP contribution is -2.18. The highest BCUT2D eigenvalue weighted by molar-refractivity contribution is 7.89. The van der Waals surface area contributed by atoms with E-state index in [9.17, 15) is 23.6 Å². The van der Waals surface area contributed by atoms with Crippen molar-refractivity contribution in [1.29, 1.82) is 0 Å². The molecule has 0 aliphatic carbocycles. The summed E-state index contributed by atoms with van der Waals surface area (Å²) in [6.45, 7) is 1.81. The van der Waals surface area contributed by atoms with Crippen LogP contribution in [-0.4, -0.2) is 45.5 Å². The summed E-state index contributed by atoms with van der Waals surface area (Å²) in [6, 6.07) is 6.31. The van der Waals surface area contributed by atoms with Crippen LogP contribution in [0.3, 0.4) is 0 Å². The van der Waals surface area contributed by atoms with Crippen molar-refractivity contribution < 1.29 is 32.7 Å². The van der Waals surface area contributed by atoms with E-state index in [1.54, 1.807) is 6.92 Å². The van der Waals surface area contributed by atoms with Gasteiger partial charge in [0.15, 0.2) is 17.2 Å². The van der Waals surface area contributed by atoms with E-state index in [2.05, 4.69) is 5.10 Å². The standard InChI is InChI=1S/C17H19N3O8S/c1-4-28-16-8-11(7-13(17(16)21)20(22)23)10-18-19-29(24,25)12-5-6-14(26-2)15(9-12)27-3/h5-10,19,21H,4H2,1-3H3/b18-10+. The van der Waals surface area contributed by atoms with E-state index in [1.807, 2.05) is 4.83 Å². The Labute approximate surface area is 166 Å². The number of hydrogen-bond acceptors (Lipinski definition) is 9. The third kappa shape index (κ3) is 5.04. The van der Waals surface area contributed by atoms with Crippen molar-refractivity contribution in [1.82, 2.24) is 4.83 Å². The summed E-state index contributed by atoms with van der Waals surface area (Å²) in [4.78, 5) is 12.2. The van der Waals surface area contributed by atoms with E-state index in [0.29, 0.717) is 5.75 Å². The van der Waals surface area contributed by atoms with Gasteiger partial charge in [0.05, 0.1) is 36.9 Å². The molecule has 2 rings (SSSR count). The number of ether oxygens (including phenoxy) is 3. The SMILES string of the molecule is CCOc1cc(/C=N/NS(=O)(=O)c2ccc(OC)c(OC)c2)cc([N+](=O)[O-])c1O. The highest BCUT2D eigenvalue weighted by atomic mass is 32.2. The van der Waals surface area contributed by atoms with Crippen LogP contribution in [0, 0.1) is 10.1 Å². The second kappa shape index (κ2) is 9.10. The predicted octanol–water partition coefficient (Wildman–Crippen LogP) is 2.03. The number of sulfonamides is 1. The van der Waals surface area contributed by atoms with Crippen molar-refractivity contribution in [2.45, 2.75) is 11.8 Å². The zero-order valence-electron chi connectivity index (χ0n) is 15.8. The fourth-order valence-electron chi connectivity index (χ4n) is 2.30. The molecular weight excluding hydrogens is 406 g/mol. The van der Waals surface area contributed by atoms with Gasteiger partial charge in [-0.25, -0.2) is 4.83 Å². The second-order valence-electron chi connectivity index (χ2n) is 5.45. The van der Waals surface area contributed by atoms with Gasteiger partial charge in [-0.2, -0.15) is 13.5 Å². The van der Waals surface area contributed by atoms with Gasteiger partial charge >= 0.3 is 5.69 Å². The molecule has 0 saturated carbocycles. The van der Waals surface area contributed by atoms with E-state index in [4.69, 9.17) is 14.2 Å². The minimum absolute atomic E-state index is 0.120. The number of hydrogen-bond donors (Lipinski definition) is 2. The Kier molecular flexibility index (Phi) is 6.83. The lowest BCUT2D eigenvalue weighted by molar-refractivity contribution is -0.386. The molecule has 0 saturated heterocycles. The summed E-state index contributed by atoms with van der Waals surface area (Å²) in [5.74, 6) is -0.171. The summed E-state index contributed by atoms with van der Waals surface area (Å²) in [7, 11) is -1.25. The average Bonchev–Trinajstić information content (AvgIpc) is 2.69. The fraction of sp³-hybridized carbons (Fsp3) is 0.235. The van der Waals surface area contributed by atoms with Crippen molar-refractivity contribution in [3.63, 3.8) is 0 Å². The molecule has 0 unspecified atom stereocenters. The summed E-state index contributed by atoms with van der Waals surface area (Å²) in [6.07, 6.45) is 1.05. The molecule has 0 amide bonds. The molecule has 2 N–H and O–H groups in total. The first-order valence-electron chi connectivity index (χ1n) is 8.14. The van der Waals surface area contributed by atoms with Gasteiger partial charge in [0, 0.05) is 17.7 Å². The number of methoxy groups -OCH3 is 2. The molecule has 0 aliphatic heterocycles. The van der Waals surface area contributed by atoms with E-state index >= 15 is 0 Å². The highest BCUT2D eigenvalue weighted by Crippen LogP contribution is 2.36. The first kappa shape index (κ1) is 21.8. The van der Waals surface area contributed by atoms with Crippen LogP contribution in [0.25, 0.3) is 0 Å². The predicted molar refractivity (Wildman–Crippen MR) is 103 cm³/mol. The normalized spacial score (nSPS) is 11.3. The van der Waals surface area contributed by atoms with Gasteiger partial charge < -0.3 is 19.3 Å². The van der Waals surface area contributed by atoms with E-state index < -0.39 is 26.4 Å². The van der Waals surface area contributed by atoms with Crippen molar-refractivity contribution in [2.24, 2.45) is 5.10 Å². The molecule has 0 aliphatic rings. The topological polar surface area (TPSA) is 150 Å². The van der Waals surface area contributed by atoms with Crippen LogP contribution in [-0.2, 0) is 10.0 Å². The van der Waals surface area contributed by atoms with E-state index in [0.717, 1.165) is 12.3 Å². The number of nitro benzene ring substituents is 1. The van der Waals surface area contributed by atoms with Gasteiger partial charge in [-0.05, 0) is 25.1 Å². The second-order valence-corrected chi connectivity index (χ2v) is 7.11. The molecule has 2 aromatic rings. The molecule has 0 fully saturated rings. The molecule has 0 aromatic heterocycles. The Morgan fingerprint density at radius 2 is 1.86 bits per heavy atom. The Hall–Kier alpha value is -3.54. The molecule has 0 bridgehead atoms. The van der Waals surface area contributed by atoms with Gasteiger partial charge in [0.2, 0.25) is 5.75 Å². The molecule has 29 heavy (non-hydrogen) atoms. The first-order chi connectivity index (χ1) is 13.7. The lowest BCUT2D eigenvalue weighted by atomic mass is 10.2. The number of rotatable bonds is 9. The molecule has 0 radical (unpaired) electrons. The molecule has 12 heteroatoms. The number of benzene rings is 2. The summed E-state index contributed by atoms with van der Waals surface area (Å²) in [5.41, 5.74) is -0.451. The molecule has 0 spiro atoms. The van der Waals surface area contributed by atoms with Crippen molar-refractivity contribution in [3.05, 3.63) is 46.0 Å². The van der Waals surface area contributed by atoms with Crippen LogP contribution in [0.5, 0.6) is 23.0 Å². The van der Waals surface area contributed by atoms with Crippen molar-refractivity contribution in [2.75, 3.05) is 20.8 Å². The molecule has 2 aromatic carbocycles. The number of nitro groups is 1. The number of phenolic OH excluding ortho intramolecular Hbond substituents is 1. The number of aromatic hydroxyl groups is 1. The fourth-order valence-corrected chi connectivity index (χ4v) is 3.11. The van der Waals surface area contributed by atoms with Crippen LogP contribution < -0.4 is 19.0 Å². The summed E-state index contributed by atoms with van der Waals surface area (Å²) in [5, 5.41) is 24.6. The minimum atomic E-state index is -4.04. The Morgan fingerprint density at radius 3 is 2.45 bits per heavy atom. The summed E-state index contributed by atoms with van der Waals surface area (Å²) >= 11 is 0. The van der Waals surface area contributed by atoms with Gasteiger partial charge in [-0.3, -0.25) is 10.1 Å². The molecule has 11 nitrogen and oxygen atoms in total. The third-order valence-electron chi connectivity index (χ3n) is 3.63. The van der Waals surface area contributed by atoms with Gasteiger partial charge in [-0.1, -0.05) is 0 Å². The molecule has 156 valence electrons. The first-order valence-corrected chi connectivity index (χ1v) is 9.62. The maximum Gasteiger partial charge on any atom is 0.315 e. The zero-order valence-corrected chi connectivity index (χ0v) is 16.6. The van der Waals surface area contributed by atoms with E-state index in [-0.39, 0.29) is 28.6 Å². The number of phenols is 1. The van der Waals surface area contributed by atoms with Crippen LogP contribution in [0.15, 0.2) is 40.3 Å². The maximum atomic E-state index is 12.4. The minimum Gasteiger partial charge on any atom is -0.500 e. The van der Waals surface area contributed by atoms with Crippen LogP contribution in [0.4, 0.5) is 5.69 Å². The lowest BCUT2D eigenvalue weighted by Gasteiger charge is -2.10. The smallest absolute Gasteiger partial charge is 0.315 e. The van der Waals surface area contributed by atoms with Crippen molar-refractivity contribution >= 4 is 21.9 Å². The largest absolute Gasteiger partial charge is 0.500 e. The summed E-state index contributed by atoms with van der Waals surface area (Å²) < 4.78 is 40.1. The van der Waals surface area contributed by atoms with Crippen LogP contribution in [0.2, 0.25) is 0 Å². The number of nitrogens with zero attached hydrogens (tertiary/aromatic N) is 2. The zero-order chi connectivity index (χ0) is 21.6. The number of hydrazone groups is 1. The van der Waals surface area contributed by atoms with Crippen LogP contribution in [0.1, 0.15) is 12.5 Å². The average molecular weight is 425 g/mol. The highest BCUT2D eigenvalue weighted by Gasteiger charge is 2.20. The Bertz CT molecular complexity index is 1040. The molecule has 0 heterocycles. The Morgan fingerprint density at radius 1 is 1.17 bits per heavy atom. The quantitative estimate of drug-likeness (QED) is 0.352. The number of nitrogens with one attached hydrogen (secondary N) is 1. The molecule has 0 atom stereocenters. The monoisotopic (exact) mass is 425 g/mol.